The maximum Gasteiger partial charge on any atom is 0.419 e. The molecule has 0 radical (unpaired) electrons. The Hall–Kier alpha value is -1.02. The molecule has 0 bridgehead atoms. The molecule has 1 aromatic rings. The molecule has 0 fully saturated rings. The molecule has 0 aliphatic carbocycles. The third kappa shape index (κ3) is 3.04. The summed E-state index contributed by atoms with van der Waals surface area (Å²) in [5.41, 5.74) is -0.982. The van der Waals surface area contributed by atoms with Gasteiger partial charge in [-0.05, 0) is 0 Å². The molecule has 0 aliphatic heterocycles. The summed E-state index contributed by atoms with van der Waals surface area (Å²) in [6, 6.07) is 0. The van der Waals surface area contributed by atoms with E-state index in [1.165, 1.54) is 0 Å². The van der Waals surface area contributed by atoms with Gasteiger partial charge in [-0.25, -0.2) is 14.2 Å². The molecule has 1 aromatic heterocycles. The van der Waals surface area contributed by atoms with E-state index in [-0.39, 0.29) is 11.6 Å². The van der Waals surface area contributed by atoms with Gasteiger partial charge in [-0.3, -0.25) is 0 Å². The van der Waals surface area contributed by atoms with Crippen LogP contribution in [0.3, 0.4) is 0 Å². The predicted octanol–water partition coefficient (Wildman–Crippen LogP) is 1.22. The molecule has 0 saturated carbocycles. The lowest BCUT2D eigenvalue weighted by Crippen LogP contribution is -2.08. The highest BCUT2D eigenvalue weighted by molar-refractivity contribution is 7.78. The van der Waals surface area contributed by atoms with Crippen molar-refractivity contribution in [1.29, 1.82) is 0 Å². The van der Waals surface area contributed by atoms with Crippen LogP contribution in [0.5, 0.6) is 0 Å². The van der Waals surface area contributed by atoms with Gasteiger partial charge in [0.1, 0.15) is 11.6 Å². The largest absolute Gasteiger partial charge is 0.419 e. The van der Waals surface area contributed by atoms with E-state index in [0.717, 1.165) is 0 Å². The van der Waals surface area contributed by atoms with Crippen molar-refractivity contribution in [1.82, 2.24) is 9.97 Å². The van der Waals surface area contributed by atoms with Crippen LogP contribution in [0, 0.1) is 0 Å². The molecule has 0 aliphatic rings. The number of halogens is 3. The minimum absolute atomic E-state index is 0.0983. The molecule has 1 heterocycles. The summed E-state index contributed by atoms with van der Waals surface area (Å²) in [7, 11) is 0. The number of rotatable bonds is 2. The van der Waals surface area contributed by atoms with Gasteiger partial charge >= 0.3 is 6.18 Å². The Kier molecular flexibility index (Phi) is 3.17. The fourth-order valence-corrected chi connectivity index (χ4v) is 1.06. The lowest BCUT2D eigenvalue weighted by molar-refractivity contribution is -0.138. The monoisotopic (exact) mass is 226 g/mol. The second-order valence-electron chi connectivity index (χ2n) is 2.35. The summed E-state index contributed by atoms with van der Waals surface area (Å²) in [5.74, 6) is -0.475. The quantitative estimate of drug-likeness (QED) is 0.770. The average Bonchev–Trinajstić information content (AvgIpc) is 2.02. The maximum absolute atomic E-state index is 12.0. The maximum atomic E-state index is 12.0. The molecule has 8 heteroatoms. The number of hydrogen-bond acceptors (Lipinski definition) is 3. The van der Waals surface area contributed by atoms with Gasteiger partial charge in [0.05, 0.1) is 5.56 Å². The van der Waals surface area contributed by atoms with Gasteiger partial charge in [-0.1, -0.05) is 0 Å². The number of aromatic nitrogens is 2. The van der Waals surface area contributed by atoms with Crippen LogP contribution in [-0.2, 0) is 23.0 Å². The van der Waals surface area contributed by atoms with Crippen molar-refractivity contribution in [3.8, 4) is 0 Å². The van der Waals surface area contributed by atoms with Gasteiger partial charge in [0, 0.05) is 12.4 Å². The molecule has 4 nitrogen and oxygen atoms in total. The van der Waals surface area contributed by atoms with E-state index >= 15 is 0 Å². The minimum Gasteiger partial charge on any atom is -0.306 e. The summed E-state index contributed by atoms with van der Waals surface area (Å²) in [6.45, 7) is 0. The van der Waals surface area contributed by atoms with E-state index in [0.29, 0.717) is 12.4 Å². The Balaban J connectivity index is 2.84. The fourth-order valence-electron chi connectivity index (χ4n) is 0.686. The van der Waals surface area contributed by atoms with Gasteiger partial charge < -0.3 is 4.55 Å². The van der Waals surface area contributed by atoms with E-state index in [1.54, 1.807) is 0 Å². The lowest BCUT2D eigenvalue weighted by Gasteiger charge is -2.04. The molecule has 0 saturated heterocycles. The van der Waals surface area contributed by atoms with Crippen LogP contribution in [-0.4, -0.2) is 18.7 Å². The molecule has 1 N–H and O–H groups in total. The lowest BCUT2D eigenvalue weighted by atomic mass is 10.3. The standard InChI is InChI=1S/C6H5F3N2O2S/c7-6(8,9)4-1-10-5(11-2-4)3-14(12)13/h1-2H,3H2,(H,12,13). The van der Waals surface area contributed by atoms with E-state index in [2.05, 4.69) is 9.97 Å². The van der Waals surface area contributed by atoms with Gasteiger partial charge in [0.2, 0.25) is 0 Å². The van der Waals surface area contributed by atoms with Crippen molar-refractivity contribution < 1.29 is 21.9 Å². The first-order valence-electron chi connectivity index (χ1n) is 3.35. The van der Waals surface area contributed by atoms with Gasteiger partial charge in [-0.2, -0.15) is 13.2 Å². The topological polar surface area (TPSA) is 63.1 Å². The Labute approximate surface area is 79.5 Å². The summed E-state index contributed by atoms with van der Waals surface area (Å²) in [5, 5.41) is 0. The van der Waals surface area contributed by atoms with Crippen LogP contribution in [0.15, 0.2) is 12.4 Å². The molecule has 0 spiro atoms. The van der Waals surface area contributed by atoms with Crippen LogP contribution in [0.1, 0.15) is 11.4 Å². The third-order valence-corrected chi connectivity index (χ3v) is 1.79. The van der Waals surface area contributed by atoms with Crippen LogP contribution < -0.4 is 0 Å². The van der Waals surface area contributed by atoms with Gasteiger partial charge in [0.15, 0.2) is 11.1 Å². The normalized spacial score (nSPS) is 14.0. The Bertz CT molecular complexity index is 338. The van der Waals surface area contributed by atoms with Crippen LogP contribution >= 0.6 is 0 Å². The van der Waals surface area contributed by atoms with Crippen molar-refractivity contribution in [3.05, 3.63) is 23.8 Å². The molecule has 1 atom stereocenters. The van der Waals surface area contributed by atoms with Crippen LogP contribution in [0.4, 0.5) is 13.2 Å². The Morgan fingerprint density at radius 3 is 2.21 bits per heavy atom. The highest BCUT2D eigenvalue weighted by Crippen LogP contribution is 2.27. The Morgan fingerprint density at radius 2 is 1.86 bits per heavy atom. The summed E-state index contributed by atoms with van der Waals surface area (Å²) in [6.07, 6.45) is -3.33. The summed E-state index contributed by atoms with van der Waals surface area (Å²) in [4.78, 5) is 6.60. The smallest absolute Gasteiger partial charge is 0.306 e. The first-order chi connectivity index (χ1) is 6.39. The zero-order valence-electron chi connectivity index (χ0n) is 6.65. The average molecular weight is 226 g/mol. The highest BCUT2D eigenvalue weighted by Gasteiger charge is 2.31. The van der Waals surface area contributed by atoms with E-state index in [4.69, 9.17) is 4.55 Å². The van der Waals surface area contributed by atoms with E-state index in [9.17, 15) is 17.4 Å². The van der Waals surface area contributed by atoms with E-state index < -0.39 is 22.8 Å². The zero-order valence-corrected chi connectivity index (χ0v) is 7.47. The molecule has 1 rings (SSSR count). The first kappa shape index (κ1) is 11.1. The molecule has 0 aromatic carbocycles. The first-order valence-corrected chi connectivity index (χ1v) is 4.63. The van der Waals surface area contributed by atoms with Crippen molar-refractivity contribution in [2.45, 2.75) is 11.9 Å². The molecule has 0 amide bonds. The van der Waals surface area contributed by atoms with Crippen molar-refractivity contribution in [3.63, 3.8) is 0 Å². The number of nitrogens with zero attached hydrogens (tertiary/aromatic N) is 2. The van der Waals surface area contributed by atoms with Crippen LogP contribution in [0.25, 0.3) is 0 Å². The second-order valence-corrected chi connectivity index (χ2v) is 3.28. The SMILES string of the molecule is O=S(O)Cc1ncc(C(F)(F)F)cn1. The molecule has 1 unspecified atom stereocenters. The van der Waals surface area contributed by atoms with Gasteiger partial charge in [-0.15, -0.1) is 0 Å². The number of hydrogen-bond donors (Lipinski definition) is 1. The zero-order chi connectivity index (χ0) is 10.8. The molecular formula is C6H5F3N2O2S. The Morgan fingerprint density at radius 1 is 1.36 bits per heavy atom. The van der Waals surface area contributed by atoms with Crippen molar-refractivity contribution in [2.24, 2.45) is 0 Å². The predicted molar refractivity (Wildman–Crippen MR) is 41.5 cm³/mol. The third-order valence-electron chi connectivity index (χ3n) is 1.29. The summed E-state index contributed by atoms with van der Waals surface area (Å²) >= 11 is -2.15. The van der Waals surface area contributed by atoms with Gasteiger partial charge in [0.25, 0.3) is 0 Å². The molecule has 14 heavy (non-hydrogen) atoms. The van der Waals surface area contributed by atoms with Crippen molar-refractivity contribution in [2.75, 3.05) is 0 Å². The van der Waals surface area contributed by atoms with Crippen LogP contribution in [0.2, 0.25) is 0 Å². The molecular weight excluding hydrogens is 221 g/mol. The highest BCUT2D eigenvalue weighted by atomic mass is 32.2. The molecule has 78 valence electrons. The fraction of sp³-hybridized carbons (Fsp3) is 0.333. The van der Waals surface area contributed by atoms with E-state index in [1.807, 2.05) is 0 Å². The second kappa shape index (κ2) is 4.01. The summed E-state index contributed by atoms with van der Waals surface area (Å²) < 4.78 is 54.6. The number of alkyl halides is 3. The van der Waals surface area contributed by atoms with Crippen molar-refractivity contribution >= 4 is 11.1 Å². The minimum atomic E-state index is -4.49.